The molecule has 0 aliphatic heterocycles. The van der Waals surface area contributed by atoms with Gasteiger partial charge in [-0.05, 0) is 23.6 Å². The molecule has 0 radical (unpaired) electrons. The minimum atomic E-state index is -0.414. The number of carbonyl (C=O) groups excluding carboxylic acids is 2. The standard InChI is InChI=1S/C20H20N2O3/c23-19(21-11-10-15-6-2-1-3-7-15)14-25-20(24)12-16-13-22-18-9-5-4-8-17(16)18/h1-9,13,22H,10-12,14H2,(H,21,23). The van der Waals surface area contributed by atoms with Crippen molar-refractivity contribution in [2.24, 2.45) is 0 Å². The van der Waals surface area contributed by atoms with Crippen molar-refractivity contribution < 1.29 is 14.3 Å². The highest BCUT2D eigenvalue weighted by Gasteiger charge is 2.11. The van der Waals surface area contributed by atoms with Gasteiger partial charge in [-0.15, -0.1) is 0 Å². The normalized spacial score (nSPS) is 10.6. The molecule has 3 aromatic rings. The Morgan fingerprint density at radius 1 is 1.00 bits per heavy atom. The van der Waals surface area contributed by atoms with Crippen molar-refractivity contribution in [2.75, 3.05) is 13.2 Å². The first-order chi connectivity index (χ1) is 12.2. The molecule has 5 nitrogen and oxygen atoms in total. The summed E-state index contributed by atoms with van der Waals surface area (Å²) in [5, 5.41) is 3.75. The zero-order valence-corrected chi connectivity index (χ0v) is 13.8. The molecule has 0 aliphatic rings. The molecule has 1 aromatic heterocycles. The maximum Gasteiger partial charge on any atom is 0.310 e. The zero-order chi connectivity index (χ0) is 17.5. The average Bonchev–Trinajstić information content (AvgIpc) is 3.04. The van der Waals surface area contributed by atoms with E-state index in [1.54, 1.807) is 6.20 Å². The van der Waals surface area contributed by atoms with Crippen molar-refractivity contribution in [3.8, 4) is 0 Å². The Hall–Kier alpha value is -3.08. The third-order valence-corrected chi connectivity index (χ3v) is 3.95. The zero-order valence-electron chi connectivity index (χ0n) is 13.8. The van der Waals surface area contributed by atoms with Crippen LogP contribution in [0.4, 0.5) is 0 Å². The summed E-state index contributed by atoms with van der Waals surface area (Å²) in [4.78, 5) is 26.8. The van der Waals surface area contributed by atoms with E-state index in [0.717, 1.165) is 28.5 Å². The number of rotatable bonds is 7. The predicted molar refractivity (Wildman–Crippen MR) is 96.1 cm³/mol. The summed E-state index contributed by atoms with van der Waals surface area (Å²) in [5.74, 6) is -0.703. The van der Waals surface area contributed by atoms with Crippen molar-refractivity contribution in [3.05, 3.63) is 71.9 Å². The first-order valence-corrected chi connectivity index (χ1v) is 8.23. The number of esters is 1. The van der Waals surface area contributed by atoms with E-state index in [1.165, 1.54) is 0 Å². The van der Waals surface area contributed by atoms with Gasteiger partial charge in [-0.25, -0.2) is 0 Å². The number of benzene rings is 2. The van der Waals surface area contributed by atoms with Crippen molar-refractivity contribution in [1.29, 1.82) is 0 Å². The maximum absolute atomic E-state index is 11.9. The van der Waals surface area contributed by atoms with Gasteiger partial charge in [0.05, 0.1) is 6.42 Å². The number of carbonyl (C=O) groups is 2. The molecule has 0 fully saturated rings. The fraction of sp³-hybridized carbons (Fsp3) is 0.200. The summed E-state index contributed by atoms with van der Waals surface area (Å²) in [6, 6.07) is 17.6. The Morgan fingerprint density at radius 3 is 2.60 bits per heavy atom. The number of aromatic nitrogens is 1. The Morgan fingerprint density at radius 2 is 1.76 bits per heavy atom. The van der Waals surface area contributed by atoms with Gasteiger partial charge in [0.25, 0.3) is 5.91 Å². The van der Waals surface area contributed by atoms with Gasteiger partial charge >= 0.3 is 5.97 Å². The van der Waals surface area contributed by atoms with E-state index in [2.05, 4.69) is 10.3 Å². The number of fused-ring (bicyclic) bond motifs is 1. The molecule has 25 heavy (non-hydrogen) atoms. The quantitative estimate of drug-likeness (QED) is 0.652. The van der Waals surface area contributed by atoms with Crippen molar-refractivity contribution >= 4 is 22.8 Å². The van der Waals surface area contributed by atoms with Gasteiger partial charge in [0.2, 0.25) is 0 Å². The van der Waals surface area contributed by atoms with E-state index in [1.807, 2.05) is 54.6 Å². The smallest absolute Gasteiger partial charge is 0.310 e. The summed E-state index contributed by atoms with van der Waals surface area (Å²) in [5.41, 5.74) is 2.99. The molecule has 2 N–H and O–H groups in total. The molecule has 0 spiro atoms. The highest BCUT2D eigenvalue weighted by molar-refractivity contribution is 5.88. The van der Waals surface area contributed by atoms with Crippen LogP contribution in [0.15, 0.2) is 60.8 Å². The molecule has 1 amide bonds. The van der Waals surface area contributed by atoms with E-state index < -0.39 is 5.97 Å². The first-order valence-electron chi connectivity index (χ1n) is 8.23. The van der Waals surface area contributed by atoms with Gasteiger partial charge in [-0.2, -0.15) is 0 Å². The summed E-state index contributed by atoms with van der Waals surface area (Å²) in [7, 11) is 0. The number of amides is 1. The maximum atomic E-state index is 11.9. The molecule has 0 atom stereocenters. The Balaban J connectivity index is 1.40. The van der Waals surface area contributed by atoms with E-state index in [-0.39, 0.29) is 18.9 Å². The second kappa shape index (κ2) is 8.15. The van der Waals surface area contributed by atoms with Crippen LogP contribution in [-0.4, -0.2) is 30.0 Å². The van der Waals surface area contributed by atoms with Crippen LogP contribution in [0.25, 0.3) is 10.9 Å². The lowest BCUT2D eigenvalue weighted by atomic mass is 10.1. The monoisotopic (exact) mass is 336 g/mol. The van der Waals surface area contributed by atoms with E-state index >= 15 is 0 Å². The first kappa shape index (κ1) is 16.8. The van der Waals surface area contributed by atoms with Crippen molar-refractivity contribution in [1.82, 2.24) is 10.3 Å². The number of nitrogens with one attached hydrogen (secondary N) is 2. The van der Waals surface area contributed by atoms with Crippen LogP contribution in [0.1, 0.15) is 11.1 Å². The summed E-state index contributed by atoms with van der Waals surface area (Å²) >= 11 is 0. The van der Waals surface area contributed by atoms with Gasteiger partial charge in [-0.1, -0.05) is 48.5 Å². The van der Waals surface area contributed by atoms with Gasteiger partial charge in [0.15, 0.2) is 6.61 Å². The molecule has 0 saturated carbocycles. The molecular formula is C20H20N2O3. The number of H-pyrrole nitrogens is 1. The van der Waals surface area contributed by atoms with Crippen LogP contribution in [-0.2, 0) is 27.2 Å². The minimum absolute atomic E-state index is 0.140. The van der Waals surface area contributed by atoms with E-state index in [0.29, 0.717) is 6.54 Å². The highest BCUT2D eigenvalue weighted by atomic mass is 16.5. The minimum Gasteiger partial charge on any atom is -0.455 e. The lowest BCUT2D eigenvalue weighted by molar-refractivity contribution is -0.147. The summed E-state index contributed by atoms with van der Waals surface area (Å²) in [6.07, 6.45) is 2.68. The van der Waals surface area contributed by atoms with Crippen LogP contribution in [0.3, 0.4) is 0 Å². The largest absolute Gasteiger partial charge is 0.455 e. The Kier molecular flexibility index (Phi) is 5.46. The van der Waals surface area contributed by atoms with Gasteiger partial charge in [0, 0.05) is 23.6 Å². The number of ether oxygens (including phenoxy) is 1. The van der Waals surface area contributed by atoms with Gasteiger partial charge < -0.3 is 15.0 Å². The molecule has 0 aliphatic carbocycles. The topological polar surface area (TPSA) is 71.2 Å². The summed E-state index contributed by atoms with van der Waals surface area (Å²) in [6.45, 7) is 0.263. The summed E-state index contributed by atoms with van der Waals surface area (Å²) < 4.78 is 5.06. The number of aromatic amines is 1. The van der Waals surface area contributed by atoms with E-state index in [4.69, 9.17) is 4.74 Å². The second-order valence-corrected chi connectivity index (χ2v) is 5.78. The molecule has 5 heteroatoms. The number of hydrogen-bond donors (Lipinski definition) is 2. The molecule has 2 aromatic carbocycles. The Labute approximate surface area is 146 Å². The molecule has 1 heterocycles. The molecule has 0 bridgehead atoms. The molecule has 0 unspecified atom stereocenters. The van der Waals surface area contributed by atoms with Crippen LogP contribution < -0.4 is 5.32 Å². The lowest BCUT2D eigenvalue weighted by Crippen LogP contribution is -2.30. The molecule has 128 valence electrons. The van der Waals surface area contributed by atoms with Gasteiger partial charge in [0.1, 0.15) is 0 Å². The number of hydrogen-bond acceptors (Lipinski definition) is 3. The lowest BCUT2D eigenvalue weighted by Gasteiger charge is -2.06. The fourth-order valence-corrected chi connectivity index (χ4v) is 2.67. The van der Waals surface area contributed by atoms with Crippen LogP contribution in [0, 0.1) is 0 Å². The predicted octanol–water partition coefficient (Wildman–Crippen LogP) is 2.61. The molecule has 0 saturated heterocycles. The third-order valence-electron chi connectivity index (χ3n) is 3.95. The van der Waals surface area contributed by atoms with Crippen molar-refractivity contribution in [2.45, 2.75) is 12.8 Å². The van der Waals surface area contributed by atoms with Crippen LogP contribution in [0.5, 0.6) is 0 Å². The van der Waals surface area contributed by atoms with Crippen LogP contribution in [0.2, 0.25) is 0 Å². The highest BCUT2D eigenvalue weighted by Crippen LogP contribution is 2.18. The van der Waals surface area contributed by atoms with E-state index in [9.17, 15) is 9.59 Å². The Bertz CT molecular complexity index is 856. The average molecular weight is 336 g/mol. The number of para-hydroxylation sites is 1. The molecular weight excluding hydrogens is 316 g/mol. The molecule has 3 rings (SSSR count). The van der Waals surface area contributed by atoms with Crippen LogP contribution >= 0.6 is 0 Å². The second-order valence-electron chi connectivity index (χ2n) is 5.78. The van der Waals surface area contributed by atoms with Gasteiger partial charge in [-0.3, -0.25) is 9.59 Å². The SMILES string of the molecule is O=C(COC(=O)Cc1c[nH]c2ccccc12)NCCc1ccccc1. The third kappa shape index (κ3) is 4.70. The van der Waals surface area contributed by atoms with Crippen molar-refractivity contribution in [3.63, 3.8) is 0 Å². The fourth-order valence-electron chi connectivity index (χ4n) is 2.67.